The molecule has 0 atom stereocenters. The van der Waals surface area contributed by atoms with E-state index in [2.05, 4.69) is 10.6 Å². The summed E-state index contributed by atoms with van der Waals surface area (Å²) in [7, 11) is -2.73. The fraction of sp³-hybridized carbons (Fsp3) is 0.222. The Morgan fingerprint density at radius 3 is 2.36 bits per heavy atom. The molecule has 2 aromatic rings. The van der Waals surface area contributed by atoms with Gasteiger partial charge in [0.15, 0.2) is 0 Å². The molecule has 0 fully saturated rings. The van der Waals surface area contributed by atoms with Gasteiger partial charge in [-0.05, 0) is 49.4 Å². The summed E-state index contributed by atoms with van der Waals surface area (Å²) in [5.41, 5.74) is 0.572. The van der Waals surface area contributed by atoms with Gasteiger partial charge in [0.1, 0.15) is 16.4 Å². The van der Waals surface area contributed by atoms with Crippen LogP contribution in [0.1, 0.15) is 17.3 Å². The molecule has 150 valence electrons. The van der Waals surface area contributed by atoms with Gasteiger partial charge in [0.05, 0.1) is 20.3 Å². The van der Waals surface area contributed by atoms with Crippen molar-refractivity contribution in [3.05, 3.63) is 48.0 Å². The number of sulfonamides is 1. The molecule has 28 heavy (non-hydrogen) atoms. The molecular formula is C18H21N3O6S. The predicted molar refractivity (Wildman–Crippen MR) is 103 cm³/mol. The molecule has 0 saturated heterocycles. The summed E-state index contributed by atoms with van der Waals surface area (Å²) in [6, 6.07) is 10.5. The van der Waals surface area contributed by atoms with Crippen molar-refractivity contribution in [3.8, 4) is 11.5 Å². The number of nitrogens with one attached hydrogen (secondary N) is 2. The van der Waals surface area contributed by atoms with Crippen molar-refractivity contribution in [1.82, 2.24) is 5.32 Å². The first kappa shape index (κ1) is 21.2. The second-order valence-corrected chi connectivity index (χ2v) is 7.13. The Hall–Kier alpha value is -3.11. The molecule has 0 aliphatic heterocycles. The molecule has 0 bridgehead atoms. The summed E-state index contributed by atoms with van der Waals surface area (Å²) in [4.78, 5) is 23.9. The van der Waals surface area contributed by atoms with E-state index in [0.717, 1.165) is 0 Å². The normalized spacial score (nSPS) is 10.8. The van der Waals surface area contributed by atoms with Gasteiger partial charge in [-0.2, -0.15) is 0 Å². The number of hydrogen-bond donors (Lipinski definition) is 3. The van der Waals surface area contributed by atoms with E-state index in [1.165, 1.54) is 25.3 Å². The Labute approximate surface area is 162 Å². The summed E-state index contributed by atoms with van der Waals surface area (Å²) in [6.45, 7) is 2.07. The maximum Gasteiger partial charge on any atom is 0.251 e. The molecule has 4 N–H and O–H groups in total. The minimum absolute atomic E-state index is 0.0595. The summed E-state index contributed by atoms with van der Waals surface area (Å²) in [6.07, 6.45) is 0. The average molecular weight is 407 g/mol. The van der Waals surface area contributed by atoms with Crippen molar-refractivity contribution in [2.75, 3.05) is 25.6 Å². The van der Waals surface area contributed by atoms with Gasteiger partial charge in [0.25, 0.3) is 5.91 Å². The quantitative estimate of drug-likeness (QED) is 0.599. The van der Waals surface area contributed by atoms with Crippen LogP contribution < -0.4 is 25.2 Å². The Morgan fingerprint density at radius 2 is 1.79 bits per heavy atom. The van der Waals surface area contributed by atoms with Gasteiger partial charge in [-0.3, -0.25) is 9.59 Å². The Morgan fingerprint density at radius 1 is 1.11 bits per heavy atom. The third-order valence-electron chi connectivity index (χ3n) is 3.59. The highest BCUT2D eigenvalue weighted by molar-refractivity contribution is 7.89. The van der Waals surface area contributed by atoms with Gasteiger partial charge in [-0.15, -0.1) is 0 Å². The number of anilines is 1. The van der Waals surface area contributed by atoms with Crippen LogP contribution >= 0.6 is 0 Å². The SMILES string of the molecule is CCOc1ccc(C(=O)NCC(=O)Nc2ccc(OC)c(S(N)(=O)=O)c2)cc1. The lowest BCUT2D eigenvalue weighted by atomic mass is 10.2. The van der Waals surface area contributed by atoms with Crippen LogP contribution in [-0.4, -0.2) is 40.5 Å². The van der Waals surface area contributed by atoms with E-state index in [9.17, 15) is 18.0 Å². The molecule has 0 unspecified atom stereocenters. The van der Waals surface area contributed by atoms with E-state index in [1.807, 2.05) is 6.92 Å². The number of hydrogen-bond acceptors (Lipinski definition) is 6. The molecule has 0 heterocycles. The summed E-state index contributed by atoms with van der Waals surface area (Å²) in [5.74, 6) is -0.269. The van der Waals surface area contributed by atoms with Crippen LogP contribution in [0.25, 0.3) is 0 Å². The third-order valence-corrected chi connectivity index (χ3v) is 4.52. The fourth-order valence-corrected chi connectivity index (χ4v) is 3.04. The lowest BCUT2D eigenvalue weighted by Gasteiger charge is -2.11. The third kappa shape index (κ3) is 5.69. The number of rotatable bonds is 8. The molecule has 9 nitrogen and oxygen atoms in total. The lowest BCUT2D eigenvalue weighted by molar-refractivity contribution is -0.115. The lowest BCUT2D eigenvalue weighted by Crippen LogP contribution is -2.32. The highest BCUT2D eigenvalue weighted by Crippen LogP contribution is 2.26. The molecule has 2 rings (SSSR count). The van der Waals surface area contributed by atoms with Crippen molar-refractivity contribution in [1.29, 1.82) is 0 Å². The molecule has 0 saturated carbocycles. The van der Waals surface area contributed by atoms with Gasteiger partial charge in [-0.25, -0.2) is 13.6 Å². The number of carbonyl (C=O) groups excluding carboxylic acids is 2. The van der Waals surface area contributed by atoms with E-state index < -0.39 is 21.8 Å². The molecule has 2 amide bonds. The first-order chi connectivity index (χ1) is 13.2. The van der Waals surface area contributed by atoms with E-state index in [4.69, 9.17) is 14.6 Å². The Kier molecular flexibility index (Phi) is 6.96. The molecule has 2 aromatic carbocycles. The highest BCUT2D eigenvalue weighted by Gasteiger charge is 2.16. The summed E-state index contributed by atoms with van der Waals surface area (Å²) >= 11 is 0. The summed E-state index contributed by atoms with van der Waals surface area (Å²) < 4.78 is 33.5. The van der Waals surface area contributed by atoms with Gasteiger partial charge in [-0.1, -0.05) is 0 Å². The van der Waals surface area contributed by atoms with Crippen molar-refractivity contribution >= 4 is 27.5 Å². The van der Waals surface area contributed by atoms with Gasteiger partial charge in [0, 0.05) is 11.3 Å². The number of ether oxygens (including phenoxy) is 2. The van der Waals surface area contributed by atoms with Crippen LogP contribution in [-0.2, 0) is 14.8 Å². The van der Waals surface area contributed by atoms with Gasteiger partial charge < -0.3 is 20.1 Å². The monoisotopic (exact) mass is 407 g/mol. The van der Waals surface area contributed by atoms with Crippen LogP contribution in [0.4, 0.5) is 5.69 Å². The van der Waals surface area contributed by atoms with Crippen molar-refractivity contribution in [3.63, 3.8) is 0 Å². The first-order valence-electron chi connectivity index (χ1n) is 8.26. The van der Waals surface area contributed by atoms with Crippen LogP contribution in [0.2, 0.25) is 0 Å². The predicted octanol–water partition coefficient (Wildman–Crippen LogP) is 1.11. The largest absolute Gasteiger partial charge is 0.495 e. The number of methoxy groups -OCH3 is 1. The topological polar surface area (TPSA) is 137 Å². The van der Waals surface area contributed by atoms with Crippen LogP contribution in [0, 0.1) is 0 Å². The fourth-order valence-electron chi connectivity index (χ4n) is 2.31. The Balaban J connectivity index is 1.98. The second kappa shape index (κ2) is 9.20. The van der Waals surface area contributed by atoms with Gasteiger partial charge >= 0.3 is 0 Å². The second-order valence-electron chi connectivity index (χ2n) is 5.60. The minimum atomic E-state index is -4.03. The first-order valence-corrected chi connectivity index (χ1v) is 9.81. The molecule has 0 radical (unpaired) electrons. The van der Waals surface area contributed by atoms with E-state index in [1.54, 1.807) is 24.3 Å². The van der Waals surface area contributed by atoms with E-state index in [-0.39, 0.29) is 22.9 Å². The molecule has 0 aliphatic carbocycles. The number of benzene rings is 2. The molecule has 10 heteroatoms. The average Bonchev–Trinajstić information content (AvgIpc) is 2.66. The highest BCUT2D eigenvalue weighted by atomic mass is 32.2. The van der Waals surface area contributed by atoms with Gasteiger partial charge in [0.2, 0.25) is 15.9 Å². The smallest absolute Gasteiger partial charge is 0.251 e. The van der Waals surface area contributed by atoms with E-state index >= 15 is 0 Å². The molecule has 0 spiro atoms. The number of primary sulfonamides is 1. The summed E-state index contributed by atoms with van der Waals surface area (Å²) in [5, 5.41) is 10.1. The maximum absolute atomic E-state index is 12.1. The van der Waals surface area contributed by atoms with E-state index in [0.29, 0.717) is 17.9 Å². The van der Waals surface area contributed by atoms with Crippen molar-refractivity contribution < 1.29 is 27.5 Å². The molecular weight excluding hydrogens is 386 g/mol. The number of amides is 2. The molecule has 0 aliphatic rings. The minimum Gasteiger partial charge on any atom is -0.495 e. The zero-order valence-electron chi connectivity index (χ0n) is 15.4. The number of carbonyl (C=O) groups is 2. The standard InChI is InChI=1S/C18H21N3O6S/c1-3-27-14-7-4-12(5-8-14)18(23)20-11-17(22)21-13-6-9-15(26-2)16(10-13)28(19,24)25/h4-10H,3,11H2,1-2H3,(H,20,23)(H,21,22)(H2,19,24,25). The zero-order chi connectivity index (χ0) is 20.7. The molecule has 0 aromatic heterocycles. The van der Waals surface area contributed by atoms with Crippen LogP contribution in [0.3, 0.4) is 0 Å². The zero-order valence-corrected chi connectivity index (χ0v) is 16.2. The van der Waals surface area contributed by atoms with Crippen molar-refractivity contribution in [2.45, 2.75) is 11.8 Å². The van der Waals surface area contributed by atoms with Crippen LogP contribution in [0.15, 0.2) is 47.4 Å². The maximum atomic E-state index is 12.1. The Bertz CT molecular complexity index is 958. The number of nitrogens with two attached hydrogens (primary N) is 1. The van der Waals surface area contributed by atoms with Crippen LogP contribution in [0.5, 0.6) is 11.5 Å². The van der Waals surface area contributed by atoms with Crippen molar-refractivity contribution in [2.24, 2.45) is 5.14 Å².